The van der Waals surface area contributed by atoms with E-state index >= 15 is 0 Å². The standard InChI is InChI=1S/C21H21NO5/c1-13(2)27-17-10-6-15(7-11-17)18-19(23)21(25)22(20(18)24)12-14-4-8-16(26-3)9-5-14/h4-11,13,23H,12H2,1-3H3. The molecule has 0 radical (unpaired) electrons. The molecule has 2 aromatic carbocycles. The van der Waals surface area contributed by atoms with Crippen LogP contribution >= 0.6 is 0 Å². The number of amides is 2. The molecule has 140 valence electrons. The van der Waals surface area contributed by atoms with Crippen molar-refractivity contribution >= 4 is 17.4 Å². The molecular formula is C21H21NO5. The summed E-state index contributed by atoms with van der Waals surface area (Å²) >= 11 is 0. The first kappa shape index (κ1) is 18.5. The number of aliphatic hydroxyl groups excluding tert-OH is 1. The van der Waals surface area contributed by atoms with Crippen LogP contribution in [0.15, 0.2) is 54.3 Å². The number of carbonyl (C=O) groups is 2. The van der Waals surface area contributed by atoms with E-state index in [9.17, 15) is 14.7 Å². The van der Waals surface area contributed by atoms with Gasteiger partial charge in [-0.15, -0.1) is 0 Å². The maximum absolute atomic E-state index is 12.7. The Balaban J connectivity index is 1.81. The van der Waals surface area contributed by atoms with Crippen molar-refractivity contribution in [2.45, 2.75) is 26.5 Å². The van der Waals surface area contributed by atoms with E-state index in [0.717, 1.165) is 10.5 Å². The third-order valence-corrected chi connectivity index (χ3v) is 4.16. The monoisotopic (exact) mass is 367 g/mol. The molecule has 0 saturated carbocycles. The van der Waals surface area contributed by atoms with Crippen molar-refractivity contribution < 1.29 is 24.2 Å². The molecule has 27 heavy (non-hydrogen) atoms. The Hall–Kier alpha value is -3.28. The maximum atomic E-state index is 12.7. The number of rotatable bonds is 6. The second kappa shape index (κ2) is 7.53. The highest BCUT2D eigenvalue weighted by Gasteiger charge is 2.39. The molecule has 0 aromatic heterocycles. The molecule has 6 heteroatoms. The highest BCUT2D eigenvalue weighted by Crippen LogP contribution is 2.30. The quantitative estimate of drug-likeness (QED) is 0.793. The SMILES string of the molecule is COc1ccc(CN2C(=O)C(O)=C(c3ccc(OC(C)C)cc3)C2=O)cc1. The zero-order valence-corrected chi connectivity index (χ0v) is 15.4. The number of carbonyl (C=O) groups excluding carboxylic acids is 2. The molecule has 0 unspecified atom stereocenters. The van der Waals surface area contributed by atoms with E-state index in [0.29, 0.717) is 17.1 Å². The summed E-state index contributed by atoms with van der Waals surface area (Å²) in [4.78, 5) is 26.2. The smallest absolute Gasteiger partial charge is 0.296 e. The van der Waals surface area contributed by atoms with Gasteiger partial charge in [-0.05, 0) is 49.2 Å². The molecule has 1 aliphatic heterocycles. The lowest BCUT2D eigenvalue weighted by molar-refractivity contribution is -0.138. The van der Waals surface area contributed by atoms with Crippen LogP contribution in [0.25, 0.3) is 5.57 Å². The summed E-state index contributed by atoms with van der Waals surface area (Å²) in [7, 11) is 1.56. The van der Waals surface area contributed by atoms with Crippen molar-refractivity contribution in [2.24, 2.45) is 0 Å². The second-order valence-electron chi connectivity index (χ2n) is 6.46. The fraction of sp³-hybridized carbons (Fsp3) is 0.238. The molecule has 1 aliphatic rings. The molecule has 3 rings (SSSR count). The third-order valence-electron chi connectivity index (χ3n) is 4.16. The fourth-order valence-corrected chi connectivity index (χ4v) is 2.85. The molecule has 0 spiro atoms. The molecule has 1 N–H and O–H groups in total. The van der Waals surface area contributed by atoms with Gasteiger partial charge in [0.05, 0.1) is 25.3 Å². The van der Waals surface area contributed by atoms with Crippen LogP contribution in [0.4, 0.5) is 0 Å². The van der Waals surface area contributed by atoms with Crippen LogP contribution < -0.4 is 9.47 Å². The van der Waals surface area contributed by atoms with Gasteiger partial charge in [0.25, 0.3) is 11.8 Å². The molecule has 0 fully saturated rings. The number of hydrogen-bond donors (Lipinski definition) is 1. The Morgan fingerprint density at radius 3 is 2.07 bits per heavy atom. The van der Waals surface area contributed by atoms with Gasteiger partial charge in [0.2, 0.25) is 0 Å². The third kappa shape index (κ3) is 3.79. The van der Waals surface area contributed by atoms with E-state index < -0.39 is 17.6 Å². The Morgan fingerprint density at radius 2 is 1.52 bits per heavy atom. The first-order chi connectivity index (χ1) is 12.9. The molecule has 2 amide bonds. The topological polar surface area (TPSA) is 76.1 Å². The summed E-state index contributed by atoms with van der Waals surface area (Å²) in [6.45, 7) is 3.90. The number of methoxy groups -OCH3 is 1. The molecule has 1 heterocycles. The van der Waals surface area contributed by atoms with Crippen LogP contribution in [-0.4, -0.2) is 35.0 Å². The molecule has 0 bridgehead atoms. The van der Waals surface area contributed by atoms with Crippen molar-refractivity contribution in [1.82, 2.24) is 4.90 Å². The molecule has 6 nitrogen and oxygen atoms in total. The van der Waals surface area contributed by atoms with Crippen LogP contribution in [-0.2, 0) is 16.1 Å². The Morgan fingerprint density at radius 1 is 0.926 bits per heavy atom. The van der Waals surface area contributed by atoms with E-state index in [-0.39, 0.29) is 18.2 Å². The van der Waals surface area contributed by atoms with Crippen LogP contribution in [0.2, 0.25) is 0 Å². The van der Waals surface area contributed by atoms with E-state index in [1.54, 1.807) is 55.6 Å². The van der Waals surface area contributed by atoms with Crippen LogP contribution in [0, 0.1) is 0 Å². The average Bonchev–Trinajstić information content (AvgIpc) is 2.86. The van der Waals surface area contributed by atoms with E-state index in [1.807, 2.05) is 13.8 Å². The molecule has 0 atom stereocenters. The zero-order chi connectivity index (χ0) is 19.6. The lowest BCUT2D eigenvalue weighted by Gasteiger charge is -2.15. The van der Waals surface area contributed by atoms with Crippen LogP contribution in [0.5, 0.6) is 11.5 Å². The van der Waals surface area contributed by atoms with Crippen molar-refractivity contribution in [2.75, 3.05) is 7.11 Å². The highest BCUT2D eigenvalue weighted by atomic mass is 16.5. The number of ether oxygens (including phenoxy) is 2. The Kier molecular flexibility index (Phi) is 5.16. The molecule has 0 aliphatic carbocycles. The predicted molar refractivity (Wildman–Crippen MR) is 100 cm³/mol. The van der Waals surface area contributed by atoms with Gasteiger partial charge in [0.15, 0.2) is 5.76 Å². The fourth-order valence-electron chi connectivity index (χ4n) is 2.85. The van der Waals surface area contributed by atoms with Gasteiger partial charge >= 0.3 is 0 Å². The Bertz CT molecular complexity index is 882. The second-order valence-corrected chi connectivity index (χ2v) is 6.46. The van der Waals surface area contributed by atoms with E-state index in [2.05, 4.69) is 0 Å². The van der Waals surface area contributed by atoms with Gasteiger partial charge in [0, 0.05) is 0 Å². The zero-order valence-electron chi connectivity index (χ0n) is 15.4. The molecule has 2 aromatic rings. The maximum Gasteiger partial charge on any atom is 0.296 e. The minimum absolute atomic E-state index is 0.00427. The first-order valence-corrected chi connectivity index (χ1v) is 8.60. The Labute approximate surface area is 157 Å². The lowest BCUT2D eigenvalue weighted by Crippen LogP contribution is -2.31. The molecular weight excluding hydrogens is 346 g/mol. The summed E-state index contributed by atoms with van der Waals surface area (Å²) in [5.41, 5.74) is 1.23. The number of hydrogen-bond acceptors (Lipinski definition) is 5. The van der Waals surface area contributed by atoms with Gasteiger partial charge < -0.3 is 14.6 Å². The van der Waals surface area contributed by atoms with Gasteiger partial charge in [-0.3, -0.25) is 14.5 Å². The van der Waals surface area contributed by atoms with Crippen molar-refractivity contribution in [3.05, 3.63) is 65.4 Å². The average molecular weight is 367 g/mol. The highest BCUT2D eigenvalue weighted by molar-refractivity contribution is 6.34. The summed E-state index contributed by atoms with van der Waals surface area (Å²) < 4.78 is 10.7. The van der Waals surface area contributed by atoms with Crippen LogP contribution in [0.3, 0.4) is 0 Å². The largest absolute Gasteiger partial charge is 0.502 e. The number of imide groups is 1. The summed E-state index contributed by atoms with van der Waals surface area (Å²) in [6, 6.07) is 13.8. The normalized spacial score (nSPS) is 14.3. The van der Waals surface area contributed by atoms with Gasteiger partial charge in [-0.1, -0.05) is 24.3 Å². The lowest BCUT2D eigenvalue weighted by atomic mass is 10.1. The van der Waals surface area contributed by atoms with Gasteiger partial charge in [-0.2, -0.15) is 0 Å². The van der Waals surface area contributed by atoms with Crippen molar-refractivity contribution in [3.63, 3.8) is 0 Å². The van der Waals surface area contributed by atoms with Crippen molar-refractivity contribution in [3.8, 4) is 11.5 Å². The number of aliphatic hydroxyl groups is 1. The predicted octanol–water partition coefficient (Wildman–Crippen LogP) is 3.32. The minimum atomic E-state index is -0.701. The van der Waals surface area contributed by atoms with Crippen molar-refractivity contribution in [1.29, 1.82) is 0 Å². The van der Waals surface area contributed by atoms with Gasteiger partial charge in [-0.25, -0.2) is 0 Å². The number of benzene rings is 2. The summed E-state index contributed by atoms with van der Waals surface area (Å²) in [5.74, 6) is -0.422. The molecule has 0 saturated heterocycles. The summed E-state index contributed by atoms with van der Waals surface area (Å²) in [6.07, 6.45) is 0.0261. The number of nitrogens with zero attached hydrogens (tertiary/aromatic N) is 1. The van der Waals surface area contributed by atoms with Gasteiger partial charge in [0.1, 0.15) is 11.5 Å². The summed E-state index contributed by atoms with van der Waals surface area (Å²) in [5, 5.41) is 10.2. The van der Waals surface area contributed by atoms with Crippen LogP contribution in [0.1, 0.15) is 25.0 Å². The minimum Gasteiger partial charge on any atom is -0.502 e. The van der Waals surface area contributed by atoms with E-state index in [1.165, 1.54) is 0 Å². The first-order valence-electron chi connectivity index (χ1n) is 8.60. The van der Waals surface area contributed by atoms with E-state index in [4.69, 9.17) is 9.47 Å².